The minimum absolute atomic E-state index is 0.0898. The second-order valence-electron chi connectivity index (χ2n) is 5.14. The van der Waals surface area contributed by atoms with Crippen LogP contribution in [0.15, 0.2) is 42.5 Å². The Morgan fingerprint density at radius 2 is 2.00 bits per heavy atom. The maximum atomic E-state index is 13.6. The Bertz CT molecular complexity index is 846. The number of nitrogens with zero attached hydrogens (tertiary/aromatic N) is 1. The predicted molar refractivity (Wildman–Crippen MR) is 84.3 cm³/mol. The number of para-hydroxylation sites is 1. The number of rotatable bonds is 3. The number of halogens is 1. The highest BCUT2D eigenvalue weighted by Gasteiger charge is 2.12. The van der Waals surface area contributed by atoms with Crippen LogP contribution in [0.5, 0.6) is 5.75 Å². The number of methoxy groups -OCH3 is 1. The van der Waals surface area contributed by atoms with Gasteiger partial charge in [0.1, 0.15) is 11.6 Å². The molecule has 0 aliphatic carbocycles. The van der Waals surface area contributed by atoms with Crippen molar-refractivity contribution in [2.24, 2.45) is 0 Å². The number of ether oxygens (including phenoxy) is 1. The van der Waals surface area contributed by atoms with Gasteiger partial charge < -0.3 is 9.84 Å². The molecule has 112 valence electrons. The molecule has 4 heteroatoms. The molecule has 22 heavy (non-hydrogen) atoms. The van der Waals surface area contributed by atoms with Crippen molar-refractivity contribution in [3.05, 3.63) is 59.4 Å². The number of fused-ring (bicyclic) bond motifs is 1. The lowest BCUT2D eigenvalue weighted by Gasteiger charge is -2.12. The molecule has 3 rings (SSSR count). The normalized spacial score (nSPS) is 10.9. The molecule has 0 atom stereocenters. The van der Waals surface area contributed by atoms with Crippen LogP contribution in [0.1, 0.15) is 11.1 Å². The molecule has 0 saturated carbocycles. The predicted octanol–water partition coefficient (Wildman–Crippen LogP) is 3.85. The van der Waals surface area contributed by atoms with Gasteiger partial charge in [0.2, 0.25) is 0 Å². The van der Waals surface area contributed by atoms with Crippen LogP contribution in [0.2, 0.25) is 0 Å². The van der Waals surface area contributed by atoms with Gasteiger partial charge in [-0.05, 0) is 36.8 Å². The van der Waals surface area contributed by atoms with Gasteiger partial charge in [0.05, 0.1) is 24.9 Å². The maximum Gasteiger partial charge on any atom is 0.128 e. The number of aliphatic hydroxyl groups excluding tert-OH is 1. The molecule has 0 radical (unpaired) electrons. The number of hydrogen-bond donors (Lipinski definition) is 1. The summed E-state index contributed by atoms with van der Waals surface area (Å²) in [4.78, 5) is 4.62. The molecule has 2 aromatic carbocycles. The van der Waals surface area contributed by atoms with Crippen LogP contribution in [0, 0.1) is 12.7 Å². The van der Waals surface area contributed by atoms with E-state index in [1.807, 2.05) is 31.2 Å². The zero-order valence-corrected chi connectivity index (χ0v) is 12.4. The minimum Gasteiger partial charge on any atom is -0.496 e. The van der Waals surface area contributed by atoms with E-state index in [0.29, 0.717) is 17.0 Å². The number of aliphatic hydroxyl groups is 1. The van der Waals surface area contributed by atoms with Gasteiger partial charge in [-0.2, -0.15) is 0 Å². The number of aryl methyl sites for hydroxylation is 1. The van der Waals surface area contributed by atoms with Gasteiger partial charge >= 0.3 is 0 Å². The highest BCUT2D eigenvalue weighted by molar-refractivity contribution is 5.88. The summed E-state index contributed by atoms with van der Waals surface area (Å²) in [6.07, 6.45) is 0. The van der Waals surface area contributed by atoms with E-state index in [2.05, 4.69) is 4.98 Å². The van der Waals surface area contributed by atoms with E-state index in [1.165, 1.54) is 12.1 Å². The highest BCUT2D eigenvalue weighted by atomic mass is 19.1. The molecular formula is C18H16FNO2. The second kappa shape index (κ2) is 5.73. The molecule has 0 aliphatic heterocycles. The second-order valence-corrected chi connectivity index (χ2v) is 5.14. The Labute approximate surface area is 128 Å². The quantitative estimate of drug-likeness (QED) is 0.798. The molecule has 0 unspecified atom stereocenters. The number of pyridine rings is 1. The molecule has 0 spiro atoms. The van der Waals surface area contributed by atoms with Gasteiger partial charge in [-0.25, -0.2) is 9.37 Å². The molecule has 1 aromatic heterocycles. The van der Waals surface area contributed by atoms with Crippen molar-refractivity contribution < 1.29 is 14.2 Å². The topological polar surface area (TPSA) is 42.4 Å². The van der Waals surface area contributed by atoms with E-state index in [1.54, 1.807) is 13.2 Å². The van der Waals surface area contributed by atoms with Crippen molar-refractivity contribution in [3.8, 4) is 17.0 Å². The SMILES string of the molecule is COc1ccc(F)cc1-c1cc(C)c2cccc(CO)c2n1. The molecule has 3 aromatic rings. The van der Waals surface area contributed by atoms with E-state index >= 15 is 0 Å². The standard InChI is InChI=1S/C18H16FNO2/c1-11-8-16(15-9-13(19)6-7-17(15)22-2)20-18-12(10-21)4-3-5-14(11)18/h3-9,21H,10H2,1-2H3. The zero-order chi connectivity index (χ0) is 15.7. The molecular weight excluding hydrogens is 281 g/mol. The van der Waals surface area contributed by atoms with Crippen molar-refractivity contribution in [2.45, 2.75) is 13.5 Å². The molecule has 1 heterocycles. The third kappa shape index (κ3) is 2.42. The van der Waals surface area contributed by atoms with Crippen LogP contribution < -0.4 is 4.74 Å². The Balaban J connectivity index is 2.31. The molecule has 0 saturated heterocycles. The summed E-state index contributed by atoms with van der Waals surface area (Å²) >= 11 is 0. The Morgan fingerprint density at radius 3 is 2.73 bits per heavy atom. The number of benzene rings is 2. The zero-order valence-electron chi connectivity index (χ0n) is 12.4. The van der Waals surface area contributed by atoms with Crippen LogP contribution >= 0.6 is 0 Å². The summed E-state index contributed by atoms with van der Waals surface area (Å²) in [5.74, 6) is 0.222. The maximum absolute atomic E-state index is 13.6. The van der Waals surface area contributed by atoms with Crippen molar-refractivity contribution in [2.75, 3.05) is 7.11 Å². The van der Waals surface area contributed by atoms with Crippen LogP contribution in [0.4, 0.5) is 4.39 Å². The smallest absolute Gasteiger partial charge is 0.128 e. The lowest BCUT2D eigenvalue weighted by atomic mass is 10.0. The summed E-state index contributed by atoms with van der Waals surface area (Å²) < 4.78 is 18.9. The first-order valence-electron chi connectivity index (χ1n) is 6.98. The molecule has 0 amide bonds. The Hall–Kier alpha value is -2.46. The molecule has 0 fully saturated rings. The van der Waals surface area contributed by atoms with Gasteiger partial charge in [0.15, 0.2) is 0 Å². The molecule has 1 N–H and O–H groups in total. The lowest BCUT2D eigenvalue weighted by Crippen LogP contribution is -1.96. The van der Waals surface area contributed by atoms with Gasteiger partial charge in [-0.15, -0.1) is 0 Å². The third-order valence-corrected chi connectivity index (χ3v) is 3.74. The highest BCUT2D eigenvalue weighted by Crippen LogP contribution is 2.32. The van der Waals surface area contributed by atoms with Crippen LogP contribution in [-0.2, 0) is 6.61 Å². The monoisotopic (exact) mass is 297 g/mol. The van der Waals surface area contributed by atoms with Crippen LogP contribution in [0.25, 0.3) is 22.2 Å². The summed E-state index contributed by atoms with van der Waals surface area (Å²) in [6.45, 7) is 1.88. The average molecular weight is 297 g/mol. The Kier molecular flexibility index (Phi) is 3.77. The third-order valence-electron chi connectivity index (χ3n) is 3.74. The van der Waals surface area contributed by atoms with E-state index < -0.39 is 0 Å². The van der Waals surface area contributed by atoms with Crippen molar-refractivity contribution in [1.82, 2.24) is 4.98 Å². The van der Waals surface area contributed by atoms with E-state index in [-0.39, 0.29) is 12.4 Å². The van der Waals surface area contributed by atoms with Gasteiger partial charge in [-0.1, -0.05) is 18.2 Å². The molecule has 0 bridgehead atoms. The molecule has 3 nitrogen and oxygen atoms in total. The van der Waals surface area contributed by atoms with Crippen molar-refractivity contribution in [1.29, 1.82) is 0 Å². The van der Waals surface area contributed by atoms with Crippen molar-refractivity contribution >= 4 is 10.9 Å². The first kappa shape index (κ1) is 14.5. The van der Waals surface area contributed by atoms with Gasteiger partial charge in [0.25, 0.3) is 0 Å². The van der Waals surface area contributed by atoms with Gasteiger partial charge in [0, 0.05) is 16.5 Å². The summed E-state index contributed by atoms with van der Waals surface area (Å²) in [7, 11) is 1.55. The molecule has 0 aliphatic rings. The van der Waals surface area contributed by atoms with Crippen LogP contribution in [0.3, 0.4) is 0 Å². The first-order chi connectivity index (χ1) is 10.6. The largest absolute Gasteiger partial charge is 0.496 e. The Morgan fingerprint density at radius 1 is 1.18 bits per heavy atom. The fourth-order valence-electron chi connectivity index (χ4n) is 2.62. The summed E-state index contributed by atoms with van der Waals surface area (Å²) in [5.41, 5.74) is 3.72. The van der Waals surface area contributed by atoms with E-state index in [4.69, 9.17) is 4.74 Å². The van der Waals surface area contributed by atoms with Crippen LogP contribution in [-0.4, -0.2) is 17.2 Å². The lowest BCUT2D eigenvalue weighted by molar-refractivity contribution is 0.283. The number of aromatic nitrogens is 1. The minimum atomic E-state index is -0.342. The van der Waals surface area contributed by atoms with Crippen molar-refractivity contribution in [3.63, 3.8) is 0 Å². The summed E-state index contributed by atoms with van der Waals surface area (Å²) in [6, 6.07) is 11.9. The fraction of sp³-hybridized carbons (Fsp3) is 0.167. The first-order valence-corrected chi connectivity index (χ1v) is 6.98. The van der Waals surface area contributed by atoms with E-state index in [0.717, 1.165) is 22.0 Å². The summed E-state index contributed by atoms with van der Waals surface area (Å²) in [5, 5.41) is 10.5. The van der Waals surface area contributed by atoms with Gasteiger partial charge in [-0.3, -0.25) is 0 Å². The number of hydrogen-bond acceptors (Lipinski definition) is 3. The van der Waals surface area contributed by atoms with E-state index in [9.17, 15) is 9.50 Å². The average Bonchev–Trinajstić information content (AvgIpc) is 2.54. The fourth-order valence-corrected chi connectivity index (χ4v) is 2.62.